The average Bonchev–Trinajstić information content (AvgIpc) is 2.38. The van der Waals surface area contributed by atoms with Gasteiger partial charge in [0.25, 0.3) is 0 Å². The number of hydrogen-bond acceptors (Lipinski definition) is 3. The molecule has 0 radical (unpaired) electrons. The lowest BCUT2D eigenvalue weighted by Crippen LogP contribution is -2.09. The van der Waals surface area contributed by atoms with Gasteiger partial charge in [0.15, 0.2) is 9.84 Å². The molecule has 0 aliphatic carbocycles. The highest BCUT2D eigenvalue weighted by atomic mass is 32.2. The van der Waals surface area contributed by atoms with Gasteiger partial charge in [-0.3, -0.25) is 0 Å². The molecule has 0 fully saturated rings. The fourth-order valence-corrected chi connectivity index (χ4v) is 3.27. The molecule has 1 aromatic rings. The lowest BCUT2D eigenvalue weighted by atomic mass is 10.2. The molecule has 0 unspecified atom stereocenters. The van der Waals surface area contributed by atoms with Crippen molar-refractivity contribution in [3.63, 3.8) is 0 Å². The first kappa shape index (κ1) is 16.6. The van der Waals surface area contributed by atoms with Crippen molar-refractivity contribution in [2.45, 2.75) is 43.9 Å². The molecule has 0 aromatic heterocycles. The molecule has 0 atom stereocenters. The summed E-state index contributed by atoms with van der Waals surface area (Å²) in [4.78, 5) is 10.7. The second-order valence-electron chi connectivity index (χ2n) is 4.68. The summed E-state index contributed by atoms with van der Waals surface area (Å²) in [5.74, 6) is -2.44. The van der Waals surface area contributed by atoms with Crippen LogP contribution in [0.3, 0.4) is 0 Å². The number of rotatable bonds is 8. The van der Waals surface area contributed by atoms with E-state index in [1.165, 1.54) is 0 Å². The number of carboxylic acids is 1. The number of carboxylic acid groups (broad SMARTS) is 1. The maximum absolute atomic E-state index is 13.2. The molecule has 0 heterocycles. The first-order valence-corrected chi connectivity index (χ1v) is 8.29. The van der Waals surface area contributed by atoms with Crippen molar-refractivity contribution in [3.05, 3.63) is 29.6 Å². The molecule has 0 aliphatic heterocycles. The molecular weight excluding hydrogens is 283 g/mol. The van der Waals surface area contributed by atoms with Gasteiger partial charge < -0.3 is 5.11 Å². The Bertz CT molecular complexity index is 567. The molecule has 6 heteroatoms. The Morgan fingerprint density at radius 1 is 1.20 bits per heavy atom. The molecule has 20 heavy (non-hydrogen) atoms. The number of unbranched alkanes of at least 4 members (excludes halogenated alkanes) is 4. The van der Waals surface area contributed by atoms with Crippen molar-refractivity contribution in [2.75, 3.05) is 5.75 Å². The number of aromatic carboxylic acids is 1. The third-order valence-corrected chi connectivity index (χ3v) is 4.84. The number of hydrogen-bond donors (Lipinski definition) is 1. The summed E-state index contributed by atoms with van der Waals surface area (Å²) < 4.78 is 37.3. The van der Waals surface area contributed by atoms with Crippen LogP contribution in [0.1, 0.15) is 49.4 Å². The van der Waals surface area contributed by atoms with Gasteiger partial charge in [0.2, 0.25) is 0 Å². The fourth-order valence-electron chi connectivity index (χ4n) is 1.88. The third-order valence-electron chi connectivity index (χ3n) is 3.04. The molecule has 0 bridgehead atoms. The van der Waals surface area contributed by atoms with Crippen LogP contribution in [0.2, 0.25) is 0 Å². The van der Waals surface area contributed by atoms with Gasteiger partial charge in [-0.05, 0) is 24.6 Å². The van der Waals surface area contributed by atoms with Gasteiger partial charge in [-0.25, -0.2) is 17.6 Å². The molecule has 1 aromatic carbocycles. The summed E-state index contributed by atoms with van der Waals surface area (Å²) in [5.41, 5.74) is -0.614. The van der Waals surface area contributed by atoms with E-state index in [0.29, 0.717) is 6.42 Å². The molecule has 4 nitrogen and oxygen atoms in total. The van der Waals surface area contributed by atoms with E-state index in [1.54, 1.807) is 0 Å². The molecule has 0 spiro atoms. The first-order valence-electron chi connectivity index (χ1n) is 6.64. The van der Waals surface area contributed by atoms with Crippen LogP contribution in [0.25, 0.3) is 0 Å². The van der Waals surface area contributed by atoms with Crippen molar-refractivity contribution in [1.29, 1.82) is 0 Å². The fraction of sp³-hybridized carbons (Fsp3) is 0.500. The first-order chi connectivity index (χ1) is 9.38. The lowest BCUT2D eigenvalue weighted by Gasteiger charge is -2.06. The Labute approximate surface area is 118 Å². The smallest absolute Gasteiger partial charge is 0.338 e. The summed E-state index contributed by atoms with van der Waals surface area (Å²) in [6.07, 6.45) is 4.48. The Balaban J connectivity index is 2.77. The Hall–Kier alpha value is -1.43. The van der Waals surface area contributed by atoms with E-state index in [4.69, 9.17) is 5.11 Å². The van der Waals surface area contributed by atoms with E-state index in [1.807, 2.05) is 0 Å². The quantitative estimate of drug-likeness (QED) is 0.591. The number of benzene rings is 1. The standard InChI is InChI=1S/C14H19FO4S/c1-2-3-4-5-6-9-20(18,19)11-7-8-13(15)12(10-11)14(16)17/h7-8,10H,2-6,9H2,1H3,(H,16,17). The molecule has 0 saturated heterocycles. The number of halogens is 1. The second-order valence-corrected chi connectivity index (χ2v) is 6.79. The van der Waals surface area contributed by atoms with Crippen molar-refractivity contribution in [1.82, 2.24) is 0 Å². The SMILES string of the molecule is CCCCCCCS(=O)(=O)c1ccc(F)c(C(=O)O)c1. The van der Waals surface area contributed by atoms with Gasteiger partial charge in [0.05, 0.1) is 16.2 Å². The maximum atomic E-state index is 13.2. The molecule has 0 amide bonds. The van der Waals surface area contributed by atoms with E-state index in [2.05, 4.69) is 6.92 Å². The molecule has 0 saturated carbocycles. The average molecular weight is 302 g/mol. The summed E-state index contributed by atoms with van der Waals surface area (Å²) >= 11 is 0. The van der Waals surface area contributed by atoms with E-state index < -0.39 is 27.2 Å². The maximum Gasteiger partial charge on any atom is 0.338 e. The molecule has 1 N–H and O–H groups in total. The Morgan fingerprint density at radius 2 is 1.85 bits per heavy atom. The van der Waals surface area contributed by atoms with Crippen molar-refractivity contribution in [3.8, 4) is 0 Å². The topological polar surface area (TPSA) is 71.4 Å². The molecule has 0 aliphatic rings. The predicted octanol–water partition coefficient (Wildman–Crippen LogP) is 3.27. The minimum atomic E-state index is -3.55. The van der Waals surface area contributed by atoms with Gasteiger partial charge in [-0.1, -0.05) is 32.6 Å². The monoisotopic (exact) mass is 302 g/mol. The summed E-state index contributed by atoms with van der Waals surface area (Å²) in [5, 5.41) is 8.79. The molecular formula is C14H19FO4S. The second kappa shape index (κ2) is 7.38. The summed E-state index contributed by atoms with van der Waals surface area (Å²) in [6.45, 7) is 2.07. The van der Waals surface area contributed by atoms with Crippen molar-refractivity contribution >= 4 is 15.8 Å². The minimum absolute atomic E-state index is 0.0403. The Kier molecular flexibility index (Phi) is 6.13. The largest absolute Gasteiger partial charge is 0.478 e. The van der Waals surface area contributed by atoms with E-state index in [-0.39, 0.29) is 10.6 Å². The van der Waals surface area contributed by atoms with Gasteiger partial charge >= 0.3 is 5.97 Å². The zero-order chi connectivity index (χ0) is 15.2. The third kappa shape index (κ3) is 4.59. The normalized spacial score (nSPS) is 11.5. The van der Waals surface area contributed by atoms with Gasteiger partial charge in [-0.2, -0.15) is 0 Å². The highest BCUT2D eigenvalue weighted by molar-refractivity contribution is 7.91. The van der Waals surface area contributed by atoms with Gasteiger partial charge in [-0.15, -0.1) is 0 Å². The van der Waals surface area contributed by atoms with Crippen LogP contribution in [0.15, 0.2) is 23.1 Å². The number of carbonyl (C=O) groups is 1. The van der Waals surface area contributed by atoms with Crippen LogP contribution in [-0.2, 0) is 9.84 Å². The van der Waals surface area contributed by atoms with E-state index in [9.17, 15) is 17.6 Å². The van der Waals surface area contributed by atoms with Crippen LogP contribution in [0, 0.1) is 5.82 Å². The summed E-state index contributed by atoms with van der Waals surface area (Å²) in [7, 11) is -3.55. The molecule has 112 valence electrons. The zero-order valence-electron chi connectivity index (χ0n) is 11.4. The van der Waals surface area contributed by atoms with Crippen LogP contribution >= 0.6 is 0 Å². The van der Waals surface area contributed by atoms with Crippen LogP contribution in [0.5, 0.6) is 0 Å². The van der Waals surface area contributed by atoms with Crippen molar-refractivity contribution in [2.24, 2.45) is 0 Å². The highest BCUT2D eigenvalue weighted by Crippen LogP contribution is 2.18. The Morgan fingerprint density at radius 3 is 2.45 bits per heavy atom. The summed E-state index contributed by atoms with van der Waals surface area (Å²) in [6, 6.07) is 2.88. The van der Waals surface area contributed by atoms with Crippen LogP contribution < -0.4 is 0 Å². The van der Waals surface area contributed by atoms with E-state index >= 15 is 0 Å². The van der Waals surface area contributed by atoms with Gasteiger partial charge in [0, 0.05) is 0 Å². The molecule has 1 rings (SSSR count). The minimum Gasteiger partial charge on any atom is -0.478 e. The van der Waals surface area contributed by atoms with Crippen molar-refractivity contribution < 1.29 is 22.7 Å². The number of sulfone groups is 1. The van der Waals surface area contributed by atoms with Crippen LogP contribution in [-0.4, -0.2) is 25.2 Å². The van der Waals surface area contributed by atoms with Gasteiger partial charge in [0.1, 0.15) is 5.82 Å². The van der Waals surface area contributed by atoms with E-state index in [0.717, 1.165) is 43.9 Å². The highest BCUT2D eigenvalue weighted by Gasteiger charge is 2.18. The predicted molar refractivity (Wildman–Crippen MR) is 74.2 cm³/mol. The van der Waals surface area contributed by atoms with Crippen LogP contribution in [0.4, 0.5) is 4.39 Å². The zero-order valence-corrected chi connectivity index (χ0v) is 12.2. The lowest BCUT2D eigenvalue weighted by molar-refractivity contribution is 0.0691.